The molecule has 13 rings (SSSR count). The topological polar surface area (TPSA) is 21.3 Å². The molecule has 0 bridgehead atoms. The second-order valence-electron chi connectivity index (χ2n) is 16.8. The standard InChI is InChI=1S/C62H40N2O/c1-3-22-49-42(15-1)17-12-27-50(49)45-19-11-18-44(39-45)41-33-36-46(37-34-41)63(47-20-13-21-48(40-47)64-59-31-9-5-24-52(59)53-25-6-10-32-60(53)64)58-30-8-7-26-54(58)55-28-14-29-56-57-38-35-43-16-2-4-23-51(43)61(57)65-62(55)56/h1-40H. The van der Waals surface area contributed by atoms with Crippen LogP contribution < -0.4 is 4.90 Å². The fourth-order valence-corrected chi connectivity index (χ4v) is 10.2. The number of para-hydroxylation sites is 4. The van der Waals surface area contributed by atoms with E-state index in [1.807, 2.05) is 0 Å². The van der Waals surface area contributed by atoms with Crippen LogP contribution in [-0.4, -0.2) is 4.57 Å². The van der Waals surface area contributed by atoms with E-state index in [0.29, 0.717) is 0 Å². The second-order valence-corrected chi connectivity index (χ2v) is 16.8. The molecule has 0 fully saturated rings. The van der Waals surface area contributed by atoms with Gasteiger partial charge < -0.3 is 13.9 Å². The number of nitrogens with zero attached hydrogens (tertiary/aromatic N) is 2. The summed E-state index contributed by atoms with van der Waals surface area (Å²) in [5.74, 6) is 0. The minimum atomic E-state index is 0.881. The average molecular weight is 829 g/mol. The van der Waals surface area contributed by atoms with E-state index in [-0.39, 0.29) is 0 Å². The Kier molecular flexibility index (Phi) is 8.53. The Hall–Kier alpha value is -8.66. The summed E-state index contributed by atoms with van der Waals surface area (Å²) in [6, 6.07) is 87.6. The maximum absolute atomic E-state index is 6.96. The molecule has 0 N–H and O–H groups in total. The van der Waals surface area contributed by atoms with E-state index >= 15 is 0 Å². The Morgan fingerprint density at radius 3 is 1.69 bits per heavy atom. The molecule has 0 aliphatic carbocycles. The van der Waals surface area contributed by atoms with Crippen molar-refractivity contribution in [1.82, 2.24) is 4.57 Å². The fourth-order valence-electron chi connectivity index (χ4n) is 10.2. The Morgan fingerprint density at radius 2 is 0.877 bits per heavy atom. The van der Waals surface area contributed by atoms with Crippen LogP contribution in [0.3, 0.4) is 0 Å². The van der Waals surface area contributed by atoms with Gasteiger partial charge in [-0.05, 0) is 99.1 Å². The first-order chi connectivity index (χ1) is 32.2. The van der Waals surface area contributed by atoms with Crippen molar-refractivity contribution in [2.45, 2.75) is 0 Å². The Balaban J connectivity index is 0.989. The van der Waals surface area contributed by atoms with E-state index in [4.69, 9.17) is 4.42 Å². The lowest BCUT2D eigenvalue weighted by atomic mass is 9.95. The van der Waals surface area contributed by atoms with Gasteiger partial charge in [0.05, 0.1) is 16.7 Å². The van der Waals surface area contributed by atoms with Crippen molar-refractivity contribution in [3.63, 3.8) is 0 Å². The third-order valence-electron chi connectivity index (χ3n) is 13.2. The molecule has 0 atom stereocenters. The quantitative estimate of drug-likeness (QED) is 0.160. The van der Waals surface area contributed by atoms with Crippen LogP contribution in [0.5, 0.6) is 0 Å². The molecule has 3 heteroatoms. The van der Waals surface area contributed by atoms with Gasteiger partial charge in [-0.15, -0.1) is 0 Å². The van der Waals surface area contributed by atoms with E-state index in [0.717, 1.165) is 66.8 Å². The SMILES string of the molecule is c1cc(-c2ccc(N(c3cccc(-n4c5ccccc5c5ccccc54)c3)c3ccccc3-c3cccc4c3oc3c5ccccc5ccc43)cc2)cc(-c2cccc3ccccc23)c1. The summed E-state index contributed by atoms with van der Waals surface area (Å²) in [4.78, 5) is 2.40. The Bertz CT molecular complexity index is 3910. The number of anilines is 3. The summed E-state index contributed by atoms with van der Waals surface area (Å²) in [5, 5.41) is 9.48. The summed E-state index contributed by atoms with van der Waals surface area (Å²) < 4.78 is 9.35. The van der Waals surface area contributed by atoms with E-state index in [1.54, 1.807) is 0 Å². The lowest BCUT2D eigenvalue weighted by Gasteiger charge is -2.28. The summed E-state index contributed by atoms with van der Waals surface area (Å²) in [6.07, 6.45) is 0. The van der Waals surface area contributed by atoms with E-state index in [1.165, 1.54) is 54.7 Å². The maximum Gasteiger partial charge on any atom is 0.143 e. The van der Waals surface area contributed by atoms with Gasteiger partial charge in [-0.1, -0.05) is 182 Å². The van der Waals surface area contributed by atoms with Crippen molar-refractivity contribution in [3.8, 4) is 39.1 Å². The number of aromatic nitrogens is 1. The molecule has 0 spiro atoms. The zero-order chi connectivity index (χ0) is 42.8. The van der Waals surface area contributed by atoms with Gasteiger partial charge in [-0.3, -0.25) is 0 Å². The molecule has 0 radical (unpaired) electrons. The normalized spacial score (nSPS) is 11.7. The Labute approximate surface area is 376 Å². The highest BCUT2D eigenvalue weighted by Gasteiger charge is 2.22. The third kappa shape index (κ3) is 6.05. The number of fused-ring (bicyclic) bond motifs is 9. The molecular weight excluding hydrogens is 789 g/mol. The van der Waals surface area contributed by atoms with Crippen LogP contribution in [0.4, 0.5) is 17.1 Å². The van der Waals surface area contributed by atoms with Crippen LogP contribution >= 0.6 is 0 Å². The molecule has 0 unspecified atom stereocenters. The van der Waals surface area contributed by atoms with Crippen LogP contribution in [0, 0.1) is 0 Å². The summed E-state index contributed by atoms with van der Waals surface area (Å²) >= 11 is 0. The molecule has 65 heavy (non-hydrogen) atoms. The summed E-state index contributed by atoms with van der Waals surface area (Å²) in [5.41, 5.74) is 15.3. The highest BCUT2D eigenvalue weighted by Crippen LogP contribution is 2.46. The smallest absolute Gasteiger partial charge is 0.143 e. The van der Waals surface area contributed by atoms with Gasteiger partial charge >= 0.3 is 0 Å². The van der Waals surface area contributed by atoms with Crippen LogP contribution in [0.15, 0.2) is 247 Å². The zero-order valence-electron chi connectivity index (χ0n) is 35.4. The summed E-state index contributed by atoms with van der Waals surface area (Å²) in [6.45, 7) is 0. The third-order valence-corrected chi connectivity index (χ3v) is 13.2. The second kappa shape index (κ2) is 15.0. The first kappa shape index (κ1) is 36.9. The largest absolute Gasteiger partial charge is 0.455 e. The molecule has 13 aromatic rings. The highest BCUT2D eigenvalue weighted by atomic mass is 16.3. The highest BCUT2D eigenvalue weighted by molar-refractivity contribution is 6.18. The van der Waals surface area contributed by atoms with Gasteiger partial charge in [0, 0.05) is 55.1 Å². The van der Waals surface area contributed by atoms with Gasteiger partial charge in [-0.2, -0.15) is 0 Å². The molecule has 0 aliphatic rings. The number of rotatable bonds is 7. The molecule has 2 aromatic heterocycles. The van der Waals surface area contributed by atoms with Crippen LogP contribution in [0.1, 0.15) is 0 Å². The van der Waals surface area contributed by atoms with E-state index in [2.05, 4.69) is 252 Å². The number of hydrogen-bond acceptors (Lipinski definition) is 2. The molecular formula is C62H40N2O. The zero-order valence-corrected chi connectivity index (χ0v) is 35.4. The van der Waals surface area contributed by atoms with Crippen molar-refractivity contribution in [1.29, 1.82) is 0 Å². The predicted molar refractivity (Wildman–Crippen MR) is 274 cm³/mol. The fraction of sp³-hybridized carbons (Fsp3) is 0. The molecule has 0 aliphatic heterocycles. The van der Waals surface area contributed by atoms with Crippen LogP contribution in [0.25, 0.3) is 104 Å². The lowest BCUT2D eigenvalue weighted by molar-refractivity contribution is 0.674. The molecule has 304 valence electrons. The molecule has 0 saturated carbocycles. The van der Waals surface area contributed by atoms with Crippen molar-refractivity contribution in [3.05, 3.63) is 243 Å². The molecule has 0 amide bonds. The monoisotopic (exact) mass is 828 g/mol. The lowest BCUT2D eigenvalue weighted by Crippen LogP contribution is -2.12. The van der Waals surface area contributed by atoms with Crippen molar-refractivity contribution in [2.75, 3.05) is 4.90 Å². The van der Waals surface area contributed by atoms with Crippen molar-refractivity contribution in [2.24, 2.45) is 0 Å². The average Bonchev–Trinajstić information content (AvgIpc) is 3.93. The van der Waals surface area contributed by atoms with Gasteiger partial charge in [0.1, 0.15) is 11.2 Å². The molecule has 3 nitrogen and oxygen atoms in total. The molecule has 2 heterocycles. The Morgan fingerprint density at radius 1 is 0.308 bits per heavy atom. The van der Waals surface area contributed by atoms with Gasteiger partial charge in [0.25, 0.3) is 0 Å². The van der Waals surface area contributed by atoms with Gasteiger partial charge in [0.2, 0.25) is 0 Å². The van der Waals surface area contributed by atoms with E-state index < -0.39 is 0 Å². The van der Waals surface area contributed by atoms with Gasteiger partial charge in [0.15, 0.2) is 0 Å². The minimum absolute atomic E-state index is 0.881. The van der Waals surface area contributed by atoms with Crippen molar-refractivity contribution >= 4 is 82.4 Å². The van der Waals surface area contributed by atoms with Gasteiger partial charge in [-0.25, -0.2) is 0 Å². The minimum Gasteiger partial charge on any atom is -0.455 e. The van der Waals surface area contributed by atoms with Crippen LogP contribution in [-0.2, 0) is 0 Å². The van der Waals surface area contributed by atoms with E-state index in [9.17, 15) is 0 Å². The van der Waals surface area contributed by atoms with Crippen LogP contribution in [0.2, 0.25) is 0 Å². The number of benzene rings is 11. The maximum atomic E-state index is 6.96. The first-order valence-electron chi connectivity index (χ1n) is 22.2. The molecule has 11 aromatic carbocycles. The predicted octanol–water partition coefficient (Wildman–Crippen LogP) is 17.5. The number of furan rings is 1. The number of hydrogen-bond donors (Lipinski definition) is 0. The first-order valence-corrected chi connectivity index (χ1v) is 22.2. The summed E-state index contributed by atoms with van der Waals surface area (Å²) in [7, 11) is 0. The molecule has 0 saturated heterocycles. The van der Waals surface area contributed by atoms with Crippen molar-refractivity contribution < 1.29 is 4.42 Å².